The molecule has 0 aliphatic rings. The number of aromatic nitrogens is 2. The summed E-state index contributed by atoms with van der Waals surface area (Å²) < 4.78 is 8.03. The fourth-order valence-electron chi connectivity index (χ4n) is 0.780. The van der Waals surface area contributed by atoms with Gasteiger partial charge in [-0.3, -0.25) is 0 Å². The summed E-state index contributed by atoms with van der Waals surface area (Å²) in [5.74, 6) is 0. The van der Waals surface area contributed by atoms with Crippen LogP contribution in [0.5, 0.6) is 0 Å². The van der Waals surface area contributed by atoms with Crippen LogP contribution in [-0.4, -0.2) is 21.5 Å². The molecule has 0 saturated carbocycles. The number of hydrogen-bond donors (Lipinski definition) is 0. The van der Waals surface area contributed by atoms with Crippen LogP contribution in [0.3, 0.4) is 0 Å². The van der Waals surface area contributed by atoms with E-state index in [1.165, 1.54) is 0 Å². The summed E-state index contributed by atoms with van der Waals surface area (Å²) in [5.41, 5.74) is -0.540. The zero-order valence-electron chi connectivity index (χ0n) is 8.34. The molecule has 0 radical (unpaired) electrons. The summed E-state index contributed by atoms with van der Waals surface area (Å²) in [6, 6.07) is 0. The van der Waals surface area contributed by atoms with Crippen molar-refractivity contribution in [2.24, 2.45) is 0 Å². The second-order valence-corrected chi connectivity index (χ2v) is 6.08. The topological polar surface area (TPSA) is 44.1 Å². The van der Waals surface area contributed by atoms with Crippen molar-refractivity contribution >= 4 is 53.9 Å². The number of carbonyl (C=O) groups excluding carboxylic acids is 1. The molecule has 0 unspecified atom stereocenters. The standard InChI is InChI=1S/C8H9Br3N2O2/c1-8(2,3)15-7(14)13-6(11)4(9)5(10)12-13/h1-3H3. The van der Waals surface area contributed by atoms with Crippen molar-refractivity contribution in [1.29, 1.82) is 0 Å². The molecular weight excluding hydrogens is 396 g/mol. The van der Waals surface area contributed by atoms with Crippen LogP contribution in [0, 0.1) is 0 Å². The molecule has 0 amide bonds. The van der Waals surface area contributed by atoms with E-state index >= 15 is 0 Å². The van der Waals surface area contributed by atoms with E-state index in [4.69, 9.17) is 4.74 Å². The number of ether oxygens (including phenoxy) is 1. The third kappa shape index (κ3) is 3.29. The first-order chi connectivity index (χ1) is 6.72. The second kappa shape index (κ2) is 4.55. The molecule has 0 N–H and O–H groups in total. The molecule has 7 heteroatoms. The highest BCUT2D eigenvalue weighted by molar-refractivity contribution is 9.14. The minimum Gasteiger partial charge on any atom is -0.442 e. The summed E-state index contributed by atoms with van der Waals surface area (Å²) in [7, 11) is 0. The van der Waals surface area contributed by atoms with Crippen molar-refractivity contribution < 1.29 is 9.53 Å². The van der Waals surface area contributed by atoms with Gasteiger partial charge in [-0.1, -0.05) is 0 Å². The van der Waals surface area contributed by atoms with Gasteiger partial charge in [-0.2, -0.15) is 9.78 Å². The highest BCUT2D eigenvalue weighted by Crippen LogP contribution is 2.30. The Kier molecular flexibility index (Phi) is 4.00. The lowest BCUT2D eigenvalue weighted by Gasteiger charge is -2.19. The van der Waals surface area contributed by atoms with E-state index in [1.807, 2.05) is 0 Å². The molecule has 0 fully saturated rings. The Labute approximate surface area is 113 Å². The summed E-state index contributed by atoms with van der Waals surface area (Å²) in [4.78, 5) is 11.7. The van der Waals surface area contributed by atoms with Gasteiger partial charge in [0, 0.05) is 0 Å². The van der Waals surface area contributed by atoms with Gasteiger partial charge in [0.15, 0.2) is 0 Å². The van der Waals surface area contributed by atoms with Gasteiger partial charge in [0.2, 0.25) is 0 Å². The van der Waals surface area contributed by atoms with Crippen LogP contribution >= 0.6 is 47.8 Å². The summed E-state index contributed by atoms with van der Waals surface area (Å²) in [6.07, 6.45) is -0.527. The van der Waals surface area contributed by atoms with E-state index in [2.05, 4.69) is 52.9 Å². The molecule has 0 spiro atoms. The molecule has 15 heavy (non-hydrogen) atoms. The van der Waals surface area contributed by atoms with Gasteiger partial charge in [-0.05, 0) is 68.6 Å². The summed E-state index contributed by atoms with van der Waals surface area (Å²) >= 11 is 9.69. The molecule has 0 bridgehead atoms. The predicted molar refractivity (Wildman–Crippen MR) is 67.0 cm³/mol. The maximum atomic E-state index is 11.7. The Morgan fingerprint density at radius 2 is 1.87 bits per heavy atom. The van der Waals surface area contributed by atoms with Gasteiger partial charge >= 0.3 is 6.09 Å². The lowest BCUT2D eigenvalue weighted by Crippen LogP contribution is -2.27. The van der Waals surface area contributed by atoms with Gasteiger partial charge in [0.05, 0.1) is 4.47 Å². The minimum absolute atomic E-state index is 0.517. The van der Waals surface area contributed by atoms with Crippen LogP contribution in [0.4, 0.5) is 4.79 Å². The van der Waals surface area contributed by atoms with Crippen molar-refractivity contribution in [3.8, 4) is 0 Å². The molecule has 84 valence electrons. The molecule has 0 saturated heterocycles. The average molecular weight is 405 g/mol. The summed E-state index contributed by atoms with van der Waals surface area (Å²) in [5, 5.41) is 3.96. The Morgan fingerprint density at radius 3 is 2.20 bits per heavy atom. The molecule has 0 aromatic carbocycles. The molecule has 0 aliphatic heterocycles. The van der Waals surface area contributed by atoms with E-state index < -0.39 is 11.7 Å². The first-order valence-corrected chi connectivity index (χ1v) is 6.43. The fraction of sp³-hybridized carbons (Fsp3) is 0.500. The molecule has 1 rings (SSSR count). The zero-order chi connectivity index (χ0) is 11.8. The summed E-state index contributed by atoms with van der Waals surface area (Å²) in [6.45, 7) is 5.39. The van der Waals surface area contributed by atoms with Crippen LogP contribution in [0.1, 0.15) is 20.8 Å². The van der Waals surface area contributed by atoms with Gasteiger partial charge in [-0.15, -0.1) is 0 Å². The van der Waals surface area contributed by atoms with Crippen molar-refractivity contribution in [3.05, 3.63) is 13.7 Å². The quantitative estimate of drug-likeness (QED) is 0.657. The van der Waals surface area contributed by atoms with Crippen molar-refractivity contribution in [3.63, 3.8) is 0 Å². The van der Waals surface area contributed by atoms with E-state index in [-0.39, 0.29) is 0 Å². The van der Waals surface area contributed by atoms with Crippen LogP contribution in [0.2, 0.25) is 0 Å². The lowest BCUT2D eigenvalue weighted by atomic mass is 10.2. The monoisotopic (exact) mass is 402 g/mol. The first-order valence-electron chi connectivity index (χ1n) is 4.05. The Balaban J connectivity index is 2.98. The predicted octanol–water partition coefficient (Wildman–Crippen LogP) is 3.95. The SMILES string of the molecule is CC(C)(C)OC(=O)n1nc(Br)c(Br)c1Br. The van der Waals surface area contributed by atoms with Gasteiger partial charge in [0.1, 0.15) is 14.8 Å². The van der Waals surface area contributed by atoms with Crippen molar-refractivity contribution in [1.82, 2.24) is 9.78 Å². The smallest absolute Gasteiger partial charge is 0.436 e. The van der Waals surface area contributed by atoms with Gasteiger partial charge < -0.3 is 4.74 Å². The highest BCUT2D eigenvalue weighted by Gasteiger charge is 2.22. The Morgan fingerprint density at radius 1 is 1.33 bits per heavy atom. The fourth-order valence-corrected chi connectivity index (χ4v) is 2.05. The maximum absolute atomic E-state index is 11.7. The number of hydrogen-bond acceptors (Lipinski definition) is 3. The third-order valence-corrected chi connectivity index (χ3v) is 4.41. The molecule has 1 aromatic heterocycles. The van der Waals surface area contributed by atoms with Crippen LogP contribution in [0.15, 0.2) is 13.7 Å². The molecular formula is C8H9Br3N2O2. The number of nitrogens with zero attached hydrogens (tertiary/aromatic N) is 2. The van der Waals surface area contributed by atoms with Crippen molar-refractivity contribution in [2.45, 2.75) is 26.4 Å². The van der Waals surface area contributed by atoms with Gasteiger partial charge in [0.25, 0.3) is 0 Å². The number of halogens is 3. The van der Waals surface area contributed by atoms with Crippen molar-refractivity contribution in [2.75, 3.05) is 0 Å². The average Bonchev–Trinajstić information content (AvgIpc) is 2.30. The molecule has 0 atom stereocenters. The van der Waals surface area contributed by atoms with Crippen LogP contribution < -0.4 is 0 Å². The maximum Gasteiger partial charge on any atom is 0.436 e. The van der Waals surface area contributed by atoms with E-state index in [0.29, 0.717) is 13.7 Å². The third-order valence-electron chi connectivity index (χ3n) is 1.30. The van der Waals surface area contributed by atoms with Crippen LogP contribution in [-0.2, 0) is 4.74 Å². The lowest BCUT2D eigenvalue weighted by molar-refractivity contribution is 0.0510. The van der Waals surface area contributed by atoms with E-state index in [1.54, 1.807) is 20.8 Å². The minimum atomic E-state index is -0.540. The normalized spacial score (nSPS) is 11.6. The van der Waals surface area contributed by atoms with Crippen LogP contribution in [0.25, 0.3) is 0 Å². The highest BCUT2D eigenvalue weighted by atomic mass is 79.9. The molecule has 1 aromatic rings. The number of carbonyl (C=O) groups is 1. The zero-order valence-corrected chi connectivity index (χ0v) is 13.1. The van der Waals surface area contributed by atoms with Gasteiger partial charge in [-0.25, -0.2) is 4.79 Å². The largest absolute Gasteiger partial charge is 0.442 e. The second-order valence-electron chi connectivity index (χ2n) is 3.79. The van der Waals surface area contributed by atoms with E-state index in [9.17, 15) is 4.79 Å². The Hall–Kier alpha value is 0.120. The molecule has 4 nitrogen and oxygen atoms in total. The van der Waals surface area contributed by atoms with E-state index in [0.717, 1.165) is 4.68 Å². The number of rotatable bonds is 0. The molecule has 0 aliphatic carbocycles. The Bertz CT molecular complexity index is 395. The first kappa shape index (κ1) is 13.2. The molecule has 1 heterocycles.